The van der Waals surface area contributed by atoms with Crippen LogP contribution in [0.3, 0.4) is 0 Å². The Labute approximate surface area is 515 Å². The molecular weight excluding hydrogens is 1100 g/mol. The summed E-state index contributed by atoms with van der Waals surface area (Å²) in [6, 6.07) is -12.3. The maximum Gasteiger partial charge on any atom is 0.246 e. The van der Waals surface area contributed by atoms with Crippen molar-refractivity contribution in [3.8, 4) is 0 Å². The molecule has 0 aromatic heterocycles. The van der Waals surface area contributed by atoms with Crippen LogP contribution in [0.1, 0.15) is 156 Å². The number of nitrogens with one attached hydrogen (secondary N) is 3. The predicted octanol–water partition coefficient (Wildman–Crippen LogP) is 3.61. The van der Waals surface area contributed by atoms with Crippen LogP contribution in [-0.4, -0.2) is 239 Å². The van der Waals surface area contributed by atoms with Crippen LogP contribution in [0.25, 0.3) is 0 Å². The Morgan fingerprint density at radius 1 is 0.442 bits per heavy atom. The lowest BCUT2D eigenvalue weighted by Crippen LogP contribution is -2.63. The highest BCUT2D eigenvalue weighted by atomic mass is 16.3. The maximum atomic E-state index is 15.2. The first kappa shape index (κ1) is 77.9. The van der Waals surface area contributed by atoms with Crippen LogP contribution in [-0.2, 0) is 52.7 Å². The monoisotopic (exact) mass is 1220 g/mol. The zero-order valence-corrected chi connectivity index (χ0v) is 57.0. The minimum atomic E-state index is -1.61. The molecule has 0 saturated carbocycles. The second-order valence-corrected chi connectivity index (χ2v) is 26.5. The summed E-state index contributed by atoms with van der Waals surface area (Å²) in [7, 11) is 11.4. The molecule has 1 saturated heterocycles. The number of hydrogen-bond acceptors (Lipinski definition) is 12. The van der Waals surface area contributed by atoms with Crippen molar-refractivity contribution in [2.24, 2.45) is 41.4 Å². The maximum absolute atomic E-state index is 15.2. The van der Waals surface area contributed by atoms with Crippen LogP contribution in [0.5, 0.6) is 0 Å². The molecule has 12 atom stereocenters. The van der Waals surface area contributed by atoms with Crippen molar-refractivity contribution >= 4 is 65.0 Å². The number of allylic oxidation sites excluding steroid dienone is 2. The van der Waals surface area contributed by atoms with Gasteiger partial charge in [-0.2, -0.15) is 0 Å². The molecule has 1 heterocycles. The molecule has 23 heteroatoms. The lowest BCUT2D eigenvalue weighted by molar-refractivity contribution is -0.157. The smallest absolute Gasteiger partial charge is 0.246 e. The van der Waals surface area contributed by atoms with E-state index in [1.807, 2.05) is 61.5 Å². The molecule has 0 bridgehead atoms. The van der Waals surface area contributed by atoms with Crippen LogP contribution < -0.4 is 16.0 Å². The van der Waals surface area contributed by atoms with E-state index in [0.29, 0.717) is 6.42 Å². The van der Waals surface area contributed by atoms with Gasteiger partial charge in [-0.25, -0.2) is 0 Å². The van der Waals surface area contributed by atoms with E-state index in [4.69, 9.17) is 0 Å². The standard InChI is InChI=1S/C63H113N11O12/c1-26-28-29-41(15)53(76)52-56(79)66-44(27-2)58(81)67(18)34-49(75)68(19)46(31-36(5)6)60(83)72(23)50(39(11)12)62(85)69(20)45(30-35(3)4)55(78)64-42(16)54(77)65-43(17)57(80)70(21)47(32-37(7)8)59(82)71(22)48(33-38(9)10)61(84)73(24)51(40(13)14)63(86)74(52)25/h26,28,35-48,50-53,76H,27,29-34H2,1-25H3,(H,64,78)(H,65,77)(H,66,79). The van der Waals surface area contributed by atoms with Gasteiger partial charge in [0.2, 0.25) is 65.0 Å². The van der Waals surface area contributed by atoms with Crippen molar-refractivity contribution in [3.05, 3.63) is 12.2 Å². The van der Waals surface area contributed by atoms with Crippen molar-refractivity contribution in [3.63, 3.8) is 0 Å². The van der Waals surface area contributed by atoms with Crippen LogP contribution >= 0.6 is 0 Å². The average Bonchev–Trinajstić information content (AvgIpc) is 1.52. The van der Waals surface area contributed by atoms with Crippen molar-refractivity contribution < 1.29 is 57.8 Å². The summed E-state index contributed by atoms with van der Waals surface area (Å²) in [5.74, 6) is -9.54. The van der Waals surface area contributed by atoms with Gasteiger partial charge >= 0.3 is 0 Å². The largest absolute Gasteiger partial charge is 0.390 e. The number of hydrogen-bond donors (Lipinski definition) is 4. The molecule has 0 aromatic carbocycles. The molecule has 1 fully saturated rings. The number of rotatable bonds is 15. The molecule has 1 aliphatic rings. The lowest BCUT2D eigenvalue weighted by Gasteiger charge is -2.41. The summed E-state index contributed by atoms with van der Waals surface area (Å²) in [5, 5.41) is 20.3. The number of amides is 11. The van der Waals surface area contributed by atoms with Gasteiger partial charge < -0.3 is 60.3 Å². The summed E-state index contributed by atoms with van der Waals surface area (Å²) < 4.78 is 0. The van der Waals surface area contributed by atoms with E-state index in [0.717, 1.165) is 9.80 Å². The van der Waals surface area contributed by atoms with Gasteiger partial charge in [0, 0.05) is 56.4 Å². The van der Waals surface area contributed by atoms with Gasteiger partial charge in [-0.05, 0) is 101 Å². The van der Waals surface area contributed by atoms with Gasteiger partial charge in [0.15, 0.2) is 0 Å². The van der Waals surface area contributed by atoms with E-state index in [2.05, 4.69) is 16.0 Å². The molecule has 23 nitrogen and oxygen atoms in total. The zero-order valence-electron chi connectivity index (χ0n) is 57.0. The SMILES string of the molecule is CC=CCC(C)C(O)C1C(=O)NC(CC)C(=O)N(C)CC(=O)N(C)C(CC(C)C)C(=O)N(C)C(C(C)C)C(=O)N(C)C(CC(C)C)C(=O)NC(C)C(=O)NC(C)C(=O)N(C)C(CC(C)C)C(=O)N(C)C(CC(C)C)C(=O)N(C)C(C(C)C)C(=O)N1C. The number of carbonyl (C=O) groups is 11. The highest BCUT2D eigenvalue weighted by molar-refractivity contribution is 5.99. The molecule has 0 radical (unpaired) electrons. The molecule has 11 amide bonds. The Bertz CT molecular complexity index is 2360. The predicted molar refractivity (Wildman–Crippen MR) is 333 cm³/mol. The Balaban J connectivity index is 4.37. The first-order valence-corrected chi connectivity index (χ1v) is 31.0. The number of likely N-dealkylation sites (N-methyl/N-ethyl adjacent to an activating group) is 8. The molecule has 0 aliphatic carbocycles. The van der Waals surface area contributed by atoms with E-state index in [-0.39, 0.29) is 55.8 Å². The number of nitrogens with zero attached hydrogens (tertiary/aromatic N) is 8. The normalized spacial score (nSPS) is 26.9. The number of aliphatic hydroxyl groups is 1. The molecule has 0 spiro atoms. The van der Waals surface area contributed by atoms with Crippen LogP contribution in [0, 0.1) is 41.4 Å². The van der Waals surface area contributed by atoms with Gasteiger partial charge in [-0.15, -0.1) is 0 Å². The fourth-order valence-corrected chi connectivity index (χ4v) is 11.2. The van der Waals surface area contributed by atoms with Crippen molar-refractivity contribution in [1.29, 1.82) is 0 Å². The van der Waals surface area contributed by atoms with E-state index in [1.165, 1.54) is 99.6 Å². The summed E-state index contributed by atoms with van der Waals surface area (Å²) in [6.07, 6.45) is 3.06. The second kappa shape index (κ2) is 35.0. The van der Waals surface area contributed by atoms with E-state index in [9.17, 15) is 48.3 Å². The summed E-state index contributed by atoms with van der Waals surface area (Å²) in [5.41, 5.74) is 0. The molecular formula is C63H113N11O12. The molecule has 4 N–H and O–H groups in total. The molecule has 0 aromatic rings. The fourth-order valence-electron chi connectivity index (χ4n) is 11.2. The third-order valence-electron chi connectivity index (χ3n) is 16.5. The quantitative estimate of drug-likeness (QED) is 0.171. The van der Waals surface area contributed by atoms with Crippen LogP contribution in [0.15, 0.2) is 12.2 Å². The summed E-state index contributed by atoms with van der Waals surface area (Å²) in [6.45, 7) is 29.5. The molecule has 86 heavy (non-hydrogen) atoms. The first-order valence-electron chi connectivity index (χ1n) is 31.0. The van der Waals surface area contributed by atoms with E-state index in [1.54, 1.807) is 54.5 Å². The Hall–Kier alpha value is -6.13. The van der Waals surface area contributed by atoms with Crippen molar-refractivity contribution in [2.75, 3.05) is 62.9 Å². The van der Waals surface area contributed by atoms with Crippen LogP contribution in [0.4, 0.5) is 0 Å². The van der Waals surface area contributed by atoms with Crippen molar-refractivity contribution in [1.82, 2.24) is 55.1 Å². The molecule has 12 unspecified atom stereocenters. The van der Waals surface area contributed by atoms with Gasteiger partial charge in [0.1, 0.15) is 60.4 Å². The Morgan fingerprint density at radius 2 is 0.802 bits per heavy atom. The summed E-state index contributed by atoms with van der Waals surface area (Å²) in [4.78, 5) is 171. The van der Waals surface area contributed by atoms with E-state index >= 15 is 9.59 Å². The summed E-state index contributed by atoms with van der Waals surface area (Å²) >= 11 is 0. The second-order valence-electron chi connectivity index (χ2n) is 26.5. The van der Waals surface area contributed by atoms with E-state index < -0.39 is 156 Å². The zero-order chi connectivity index (χ0) is 66.8. The molecule has 1 rings (SSSR count). The molecule has 1 aliphatic heterocycles. The molecule has 492 valence electrons. The number of aliphatic hydroxyl groups excluding tert-OH is 1. The Kier molecular flexibility index (Phi) is 31.7. The Morgan fingerprint density at radius 3 is 1.21 bits per heavy atom. The lowest BCUT2D eigenvalue weighted by atomic mass is 9.91. The third kappa shape index (κ3) is 21.0. The van der Waals surface area contributed by atoms with Gasteiger partial charge in [0.25, 0.3) is 0 Å². The minimum Gasteiger partial charge on any atom is -0.390 e. The van der Waals surface area contributed by atoms with Gasteiger partial charge in [-0.1, -0.05) is 109 Å². The van der Waals surface area contributed by atoms with Crippen LogP contribution in [0.2, 0.25) is 0 Å². The average molecular weight is 1220 g/mol. The fraction of sp³-hybridized carbons (Fsp3) is 0.794. The highest BCUT2D eigenvalue weighted by Crippen LogP contribution is 2.26. The minimum absolute atomic E-state index is 0.0237. The van der Waals surface area contributed by atoms with Gasteiger partial charge in [0.05, 0.1) is 12.6 Å². The topological polar surface area (TPSA) is 270 Å². The van der Waals surface area contributed by atoms with Gasteiger partial charge in [-0.3, -0.25) is 52.7 Å². The van der Waals surface area contributed by atoms with Crippen molar-refractivity contribution in [2.45, 2.75) is 223 Å². The third-order valence-corrected chi connectivity index (χ3v) is 16.5. The first-order chi connectivity index (χ1) is 39.6. The number of carbonyl (C=O) groups excluding carboxylic acids is 11. The highest BCUT2D eigenvalue weighted by Gasteiger charge is 2.46.